The van der Waals surface area contributed by atoms with Gasteiger partial charge in [-0.2, -0.15) is 0 Å². The van der Waals surface area contributed by atoms with Crippen LogP contribution in [-0.2, 0) is 23.0 Å². The van der Waals surface area contributed by atoms with Crippen molar-refractivity contribution in [3.63, 3.8) is 0 Å². The van der Waals surface area contributed by atoms with E-state index < -0.39 is 15.4 Å². The van der Waals surface area contributed by atoms with E-state index in [4.69, 9.17) is 4.74 Å². The normalized spacial score (nSPS) is 12.4. The van der Waals surface area contributed by atoms with Gasteiger partial charge >= 0.3 is 29.6 Å². The number of rotatable bonds is 17. The summed E-state index contributed by atoms with van der Waals surface area (Å²) in [6.45, 7) is 6.08. The number of hydrogen-bond acceptors (Lipinski definition) is 4. The summed E-state index contributed by atoms with van der Waals surface area (Å²) in [4.78, 5) is 0. The summed E-state index contributed by atoms with van der Waals surface area (Å²) in [7, 11) is -4.33. The van der Waals surface area contributed by atoms with Gasteiger partial charge in [-0.15, -0.1) is 0 Å². The molecule has 1 atom stereocenters. The Morgan fingerprint density at radius 2 is 1.43 bits per heavy atom. The largest absolute Gasteiger partial charge is 1.00 e. The molecule has 0 heterocycles. The Balaban J connectivity index is 0.00000841. The molecule has 168 valence electrons. The van der Waals surface area contributed by atoms with E-state index in [9.17, 15) is 13.0 Å². The third-order valence-corrected chi connectivity index (χ3v) is 6.82. The third kappa shape index (κ3) is 12.7. The zero-order chi connectivity index (χ0) is 21.5. The first-order chi connectivity index (χ1) is 13.9. The van der Waals surface area contributed by atoms with Crippen LogP contribution in [-0.4, -0.2) is 24.8 Å². The van der Waals surface area contributed by atoms with Crippen molar-refractivity contribution in [2.24, 2.45) is 0 Å². The van der Waals surface area contributed by atoms with Gasteiger partial charge in [0.2, 0.25) is 0 Å². The third-order valence-electron chi connectivity index (χ3n) is 5.54. The first kappa shape index (κ1) is 29.9. The fourth-order valence-electron chi connectivity index (χ4n) is 3.54. The maximum atomic E-state index is 11.4. The monoisotopic (exact) mass is 448 g/mol. The van der Waals surface area contributed by atoms with Crippen LogP contribution in [0.25, 0.3) is 0 Å². The van der Waals surface area contributed by atoms with Crippen LogP contribution in [0.3, 0.4) is 0 Å². The fourth-order valence-corrected chi connectivity index (χ4v) is 4.18. The van der Waals surface area contributed by atoms with E-state index in [1.54, 1.807) is 6.92 Å². The van der Waals surface area contributed by atoms with Crippen LogP contribution in [0.1, 0.15) is 103 Å². The van der Waals surface area contributed by atoms with E-state index >= 15 is 0 Å². The van der Waals surface area contributed by atoms with Crippen molar-refractivity contribution in [2.45, 2.75) is 109 Å². The summed E-state index contributed by atoms with van der Waals surface area (Å²) in [5, 5.41) is -0.988. The van der Waals surface area contributed by atoms with Gasteiger partial charge in [-0.25, -0.2) is 8.42 Å². The minimum absolute atomic E-state index is 0. The predicted molar refractivity (Wildman–Crippen MR) is 121 cm³/mol. The molecule has 0 saturated carbocycles. The quantitative estimate of drug-likeness (QED) is 0.208. The molecule has 0 N–H and O–H groups in total. The molecule has 1 rings (SSSR count). The van der Waals surface area contributed by atoms with Gasteiger partial charge in [0.15, 0.2) is 0 Å². The van der Waals surface area contributed by atoms with Gasteiger partial charge in [-0.3, -0.25) is 0 Å². The number of unbranched alkanes of at least 4 members (excludes halogenated alkanes) is 8. The van der Waals surface area contributed by atoms with E-state index in [-0.39, 0.29) is 42.6 Å². The first-order valence-corrected chi connectivity index (χ1v) is 13.1. The molecular weight excluding hydrogens is 407 g/mol. The molecule has 0 aliphatic carbocycles. The Bertz CT molecular complexity index is 661. The minimum atomic E-state index is -4.33. The first-order valence-electron chi connectivity index (χ1n) is 11.6. The Morgan fingerprint density at radius 3 is 1.97 bits per heavy atom. The van der Waals surface area contributed by atoms with Crippen LogP contribution in [0.5, 0.6) is 5.75 Å². The van der Waals surface area contributed by atoms with Crippen LogP contribution in [0, 0.1) is 0 Å². The summed E-state index contributed by atoms with van der Waals surface area (Å²) in [6.07, 6.45) is 14.4. The van der Waals surface area contributed by atoms with Gasteiger partial charge in [0, 0.05) is 0 Å². The molecular formula is C24H41NaO4S. The molecule has 0 saturated heterocycles. The molecule has 1 aromatic carbocycles. The molecule has 0 radical (unpaired) electrons. The summed E-state index contributed by atoms with van der Waals surface area (Å²) in [6, 6.07) is 6.37. The van der Waals surface area contributed by atoms with E-state index in [0.29, 0.717) is 0 Å². The van der Waals surface area contributed by atoms with Crippen LogP contribution in [0.2, 0.25) is 0 Å². The second-order valence-electron chi connectivity index (χ2n) is 8.10. The smallest absolute Gasteiger partial charge is 0.748 e. The summed E-state index contributed by atoms with van der Waals surface area (Å²) in [5.74, 6) is 0.758. The van der Waals surface area contributed by atoms with Gasteiger partial charge in [0.05, 0.1) is 5.25 Å². The molecule has 1 aromatic rings. The van der Waals surface area contributed by atoms with Crippen LogP contribution < -0.4 is 34.3 Å². The van der Waals surface area contributed by atoms with Crippen molar-refractivity contribution < 1.29 is 47.3 Å². The van der Waals surface area contributed by atoms with Crippen molar-refractivity contribution in [1.82, 2.24) is 0 Å². The zero-order valence-electron chi connectivity index (χ0n) is 19.8. The predicted octanol–water partition coefficient (Wildman–Crippen LogP) is 3.42. The molecule has 0 spiro atoms. The number of hydrogen-bond donors (Lipinski definition) is 0. The molecule has 0 bridgehead atoms. The fraction of sp³-hybridized carbons (Fsp3) is 0.750. The summed E-state index contributed by atoms with van der Waals surface area (Å²) in [5.41, 5.74) is 2.35. The Morgan fingerprint density at radius 1 is 0.867 bits per heavy atom. The maximum absolute atomic E-state index is 11.4. The van der Waals surface area contributed by atoms with Gasteiger partial charge < -0.3 is 9.29 Å². The van der Waals surface area contributed by atoms with Crippen molar-refractivity contribution in [3.8, 4) is 5.75 Å². The van der Waals surface area contributed by atoms with Crippen LogP contribution in [0.15, 0.2) is 18.2 Å². The van der Waals surface area contributed by atoms with E-state index in [1.807, 2.05) is 0 Å². The molecule has 0 fully saturated rings. The van der Waals surface area contributed by atoms with E-state index in [1.165, 1.54) is 56.9 Å². The number of benzene rings is 1. The van der Waals surface area contributed by atoms with Gasteiger partial charge in [-0.05, 0) is 49.3 Å². The Kier molecular flexibility index (Phi) is 17.4. The zero-order valence-corrected chi connectivity index (χ0v) is 22.6. The van der Waals surface area contributed by atoms with Crippen molar-refractivity contribution in [3.05, 3.63) is 29.3 Å². The average molecular weight is 449 g/mol. The average Bonchev–Trinajstić information content (AvgIpc) is 2.68. The molecule has 6 heteroatoms. The molecule has 30 heavy (non-hydrogen) atoms. The van der Waals surface area contributed by atoms with Crippen molar-refractivity contribution >= 4 is 10.1 Å². The van der Waals surface area contributed by atoms with Crippen molar-refractivity contribution in [1.29, 1.82) is 0 Å². The molecule has 0 aliphatic heterocycles. The molecule has 4 nitrogen and oxygen atoms in total. The van der Waals surface area contributed by atoms with Crippen LogP contribution in [0.4, 0.5) is 0 Å². The van der Waals surface area contributed by atoms with E-state index in [0.717, 1.165) is 37.0 Å². The Hall–Kier alpha value is -0.0700. The number of ether oxygens (including phenoxy) is 1. The number of aryl methyl sites for hydroxylation is 2. The van der Waals surface area contributed by atoms with Crippen LogP contribution >= 0.6 is 0 Å². The molecule has 0 amide bonds. The topological polar surface area (TPSA) is 66.4 Å². The Labute approximate surface area is 207 Å². The van der Waals surface area contributed by atoms with E-state index in [2.05, 4.69) is 32.0 Å². The van der Waals surface area contributed by atoms with Crippen molar-refractivity contribution in [2.75, 3.05) is 6.61 Å². The molecule has 0 aliphatic rings. The maximum Gasteiger partial charge on any atom is 1.00 e. The second-order valence-corrected chi connectivity index (χ2v) is 9.76. The van der Waals surface area contributed by atoms with Gasteiger partial charge in [0.25, 0.3) is 0 Å². The van der Waals surface area contributed by atoms with Gasteiger partial charge in [0.1, 0.15) is 22.5 Å². The summed E-state index contributed by atoms with van der Waals surface area (Å²) >= 11 is 0. The van der Waals surface area contributed by atoms with Gasteiger partial charge in [-0.1, -0.05) is 84.3 Å². The SMILES string of the molecule is CCCCCCCc1ccc(CCCCCCC)c(OCC(CC)S(=O)(=O)[O-])c1.[Na+]. The molecule has 0 aromatic heterocycles. The standard InChI is InChI=1S/C24H42O4S.Na/c1-4-7-9-11-13-15-21-17-18-22(16-14-12-10-8-5-2)24(19-21)28-20-23(6-3)29(25,26)27;/h17-19,23H,4-16,20H2,1-3H3,(H,25,26,27);/q;+1/p-1. The minimum Gasteiger partial charge on any atom is -0.748 e. The summed E-state index contributed by atoms with van der Waals surface area (Å²) < 4.78 is 40.1. The molecule has 1 unspecified atom stereocenters. The second kappa shape index (κ2) is 17.5.